The van der Waals surface area contributed by atoms with E-state index in [2.05, 4.69) is 36.2 Å². The number of carbonyl (C=O) groups is 1. The van der Waals surface area contributed by atoms with Crippen molar-refractivity contribution < 1.29 is 9.90 Å². The lowest BCUT2D eigenvalue weighted by molar-refractivity contribution is -0.125. The molecule has 4 rings (SSSR count). The Bertz CT molecular complexity index is 1020. The number of carbonyl (C=O) groups excluding carboxylic acids is 1. The van der Waals surface area contributed by atoms with Crippen molar-refractivity contribution in [1.29, 1.82) is 0 Å². The first kappa shape index (κ1) is 20.9. The normalized spacial score (nSPS) is 17.0. The van der Waals surface area contributed by atoms with Crippen LogP contribution in [-0.4, -0.2) is 51.2 Å². The Balaban J connectivity index is 1.86. The van der Waals surface area contributed by atoms with Gasteiger partial charge in [0.1, 0.15) is 17.8 Å². The summed E-state index contributed by atoms with van der Waals surface area (Å²) in [5.74, 6) is 0.308. The summed E-state index contributed by atoms with van der Waals surface area (Å²) < 4.78 is 0.940. The number of piperidine rings is 1. The number of fused-ring (bicyclic) bond motifs is 1. The number of aliphatic hydroxyl groups excluding tert-OH is 1. The van der Waals surface area contributed by atoms with Crippen molar-refractivity contribution in [3.8, 4) is 0 Å². The molecule has 1 amide bonds. The predicted molar refractivity (Wildman–Crippen MR) is 119 cm³/mol. The Kier molecular flexibility index (Phi) is 6.14. The van der Waals surface area contributed by atoms with E-state index in [1.54, 1.807) is 11.1 Å². The number of H-pyrrole nitrogens is 1. The molecule has 30 heavy (non-hydrogen) atoms. The van der Waals surface area contributed by atoms with E-state index in [1.165, 1.54) is 6.33 Å². The van der Waals surface area contributed by atoms with Crippen molar-refractivity contribution in [2.75, 3.05) is 24.6 Å². The molecule has 0 aliphatic carbocycles. The fraction of sp³-hybridized carbons (Fsp3) is 0.381. The highest BCUT2D eigenvalue weighted by Crippen LogP contribution is 2.36. The third-order valence-corrected chi connectivity index (χ3v) is 6.20. The van der Waals surface area contributed by atoms with E-state index in [4.69, 9.17) is 5.73 Å². The average Bonchev–Trinajstić information content (AvgIpc) is 3.24. The van der Waals surface area contributed by atoms with Crippen LogP contribution in [-0.2, 0) is 4.79 Å². The van der Waals surface area contributed by atoms with E-state index in [1.807, 2.05) is 30.3 Å². The van der Waals surface area contributed by atoms with Crippen molar-refractivity contribution in [3.05, 3.63) is 52.9 Å². The Morgan fingerprint density at radius 3 is 2.67 bits per heavy atom. The smallest absolute Gasteiger partial charge is 0.248 e. The number of nitrogens with two attached hydrogens (primary N) is 1. The van der Waals surface area contributed by atoms with Crippen LogP contribution in [0.15, 0.2) is 47.3 Å². The second-order valence-corrected chi connectivity index (χ2v) is 8.51. The number of hydrogen-bond acceptors (Lipinski definition) is 6. The minimum Gasteiger partial charge on any atom is -0.396 e. The zero-order valence-corrected chi connectivity index (χ0v) is 18.1. The van der Waals surface area contributed by atoms with Gasteiger partial charge in [0.15, 0.2) is 0 Å². The molecule has 0 spiro atoms. The summed E-state index contributed by atoms with van der Waals surface area (Å²) in [4.78, 5) is 27.4. The van der Waals surface area contributed by atoms with Gasteiger partial charge >= 0.3 is 0 Å². The van der Waals surface area contributed by atoms with Crippen LogP contribution in [0.5, 0.6) is 0 Å². The fourth-order valence-corrected chi connectivity index (χ4v) is 4.28. The molecule has 0 bridgehead atoms. The summed E-state index contributed by atoms with van der Waals surface area (Å²) in [5, 5.41) is 13.9. The van der Waals surface area contributed by atoms with Gasteiger partial charge in [-0.1, -0.05) is 28.1 Å². The molecule has 0 unspecified atom stereocenters. The van der Waals surface area contributed by atoms with Crippen molar-refractivity contribution in [3.63, 3.8) is 0 Å². The van der Waals surface area contributed by atoms with Crippen LogP contribution in [0.4, 0.5) is 5.82 Å². The second kappa shape index (κ2) is 8.81. The number of aliphatic hydroxyl groups is 1. The van der Waals surface area contributed by atoms with Crippen molar-refractivity contribution in [2.45, 2.75) is 30.8 Å². The number of hydrogen-bond donors (Lipinski definition) is 4. The highest BCUT2D eigenvalue weighted by Gasteiger charge is 2.42. The van der Waals surface area contributed by atoms with Crippen LogP contribution in [0.3, 0.4) is 0 Å². The number of halogens is 1. The van der Waals surface area contributed by atoms with Crippen molar-refractivity contribution in [2.24, 2.45) is 5.73 Å². The zero-order chi connectivity index (χ0) is 21.1. The number of aromatic nitrogens is 3. The lowest BCUT2D eigenvalue weighted by Gasteiger charge is -2.40. The van der Waals surface area contributed by atoms with E-state index in [9.17, 15) is 9.90 Å². The molecule has 1 fully saturated rings. The van der Waals surface area contributed by atoms with Gasteiger partial charge in [-0.25, -0.2) is 9.97 Å². The van der Waals surface area contributed by atoms with Crippen LogP contribution in [0.25, 0.3) is 11.0 Å². The summed E-state index contributed by atoms with van der Waals surface area (Å²) in [6.45, 7) is 1.29. The monoisotopic (exact) mass is 472 g/mol. The molecule has 158 valence electrons. The summed E-state index contributed by atoms with van der Waals surface area (Å²) in [6.07, 6.45) is 4.65. The third kappa shape index (κ3) is 3.98. The average molecular weight is 473 g/mol. The van der Waals surface area contributed by atoms with Gasteiger partial charge in [0.2, 0.25) is 5.91 Å². The number of anilines is 1. The number of nitrogens with zero attached hydrogens (tertiary/aromatic N) is 3. The van der Waals surface area contributed by atoms with Gasteiger partial charge < -0.3 is 21.1 Å². The van der Waals surface area contributed by atoms with Gasteiger partial charge in [-0.05, 0) is 56.1 Å². The van der Waals surface area contributed by atoms with E-state index in [-0.39, 0.29) is 12.5 Å². The molecule has 1 aliphatic heterocycles. The number of aromatic amines is 1. The molecule has 1 aliphatic rings. The Hall–Kier alpha value is -2.33. The van der Waals surface area contributed by atoms with Gasteiger partial charge in [-0.2, -0.15) is 0 Å². The quantitative estimate of drug-likeness (QED) is 0.436. The van der Waals surface area contributed by atoms with Gasteiger partial charge in [0.25, 0.3) is 0 Å². The van der Waals surface area contributed by atoms with Crippen molar-refractivity contribution >= 4 is 38.7 Å². The second-order valence-electron chi connectivity index (χ2n) is 7.60. The Morgan fingerprint density at radius 1 is 1.23 bits per heavy atom. The predicted octanol–water partition coefficient (Wildman–Crippen LogP) is 2.26. The molecule has 2 aromatic heterocycles. The molecule has 1 saturated heterocycles. The highest BCUT2D eigenvalue weighted by molar-refractivity contribution is 9.10. The van der Waals surface area contributed by atoms with E-state index in [0.29, 0.717) is 43.8 Å². The number of nitrogens with one attached hydrogen (secondary N) is 2. The molecule has 1 aromatic carbocycles. The van der Waals surface area contributed by atoms with Gasteiger partial charge in [-0.15, -0.1) is 0 Å². The molecule has 3 heterocycles. The van der Waals surface area contributed by atoms with Gasteiger partial charge in [0.05, 0.1) is 17.0 Å². The van der Waals surface area contributed by atoms with Gasteiger partial charge in [-0.3, -0.25) is 9.69 Å². The summed E-state index contributed by atoms with van der Waals surface area (Å²) >= 11 is 3.46. The highest BCUT2D eigenvalue weighted by atomic mass is 79.9. The van der Waals surface area contributed by atoms with E-state index in [0.717, 1.165) is 15.4 Å². The first-order valence-corrected chi connectivity index (χ1v) is 10.8. The molecule has 0 radical (unpaired) electrons. The van der Waals surface area contributed by atoms with E-state index >= 15 is 0 Å². The molecule has 1 atom stereocenters. The molecular weight excluding hydrogens is 448 g/mol. The molecule has 5 N–H and O–H groups in total. The van der Waals surface area contributed by atoms with Gasteiger partial charge in [0, 0.05) is 17.3 Å². The summed E-state index contributed by atoms with van der Waals surface area (Å²) in [5.41, 5.74) is 7.20. The molecule has 3 aromatic rings. The molecule has 9 heteroatoms. The summed E-state index contributed by atoms with van der Waals surface area (Å²) in [6, 6.07) is 9.19. The summed E-state index contributed by atoms with van der Waals surface area (Å²) in [7, 11) is 0. The maximum absolute atomic E-state index is 14.0. The molecule has 8 nitrogen and oxygen atoms in total. The standard InChI is InChI=1S/C21H25BrN6O2/c22-15-3-1-14(2-4-15)17(6-12-29)28(20(30)21(23)7-10-24-11-8-21)19-16-5-9-25-18(16)26-13-27-19/h1-5,9,13,17,24,29H,6-8,10-12,23H2,(H,25,26,27)/t17-/m0/s1. The maximum Gasteiger partial charge on any atom is 0.248 e. The molecular formula is C21H25BrN6O2. The SMILES string of the molecule is NC1(C(=O)N(c2ncnc3[nH]ccc23)[C@@H](CCO)c2ccc(Br)cc2)CCNCC1. The van der Waals surface area contributed by atoms with Crippen molar-refractivity contribution in [1.82, 2.24) is 20.3 Å². The number of amides is 1. The van der Waals surface area contributed by atoms with Crippen LogP contribution >= 0.6 is 15.9 Å². The van der Waals surface area contributed by atoms with Crippen LogP contribution in [0, 0.1) is 0 Å². The topological polar surface area (TPSA) is 120 Å². The largest absolute Gasteiger partial charge is 0.396 e. The van der Waals surface area contributed by atoms with E-state index < -0.39 is 11.6 Å². The van der Waals surface area contributed by atoms with Crippen LogP contribution in [0.2, 0.25) is 0 Å². The zero-order valence-electron chi connectivity index (χ0n) is 16.5. The van der Waals surface area contributed by atoms with Crippen LogP contribution < -0.4 is 16.0 Å². The number of benzene rings is 1. The third-order valence-electron chi connectivity index (χ3n) is 5.67. The Labute approximate surface area is 183 Å². The lowest BCUT2D eigenvalue weighted by Crippen LogP contribution is -2.60. The first-order chi connectivity index (χ1) is 14.5. The minimum atomic E-state index is -0.998. The first-order valence-electron chi connectivity index (χ1n) is 10.0. The van der Waals surface area contributed by atoms with Crippen LogP contribution in [0.1, 0.15) is 30.9 Å². The maximum atomic E-state index is 14.0. The fourth-order valence-electron chi connectivity index (χ4n) is 4.01. The lowest BCUT2D eigenvalue weighted by atomic mass is 9.86. The number of rotatable bonds is 6. The minimum absolute atomic E-state index is 0.0784. The molecule has 0 saturated carbocycles. The Morgan fingerprint density at radius 2 is 1.97 bits per heavy atom.